The molecule has 2 N–H and O–H groups in total. The summed E-state index contributed by atoms with van der Waals surface area (Å²) in [5, 5.41) is 5.03. The summed E-state index contributed by atoms with van der Waals surface area (Å²) >= 11 is 0.764. The van der Waals surface area contributed by atoms with Gasteiger partial charge in [0.05, 0.1) is 4.91 Å². The lowest BCUT2D eigenvalue weighted by Crippen LogP contribution is -2.36. The highest BCUT2D eigenvalue weighted by molar-refractivity contribution is 8.18. The minimum absolute atomic E-state index is 0.168. The van der Waals surface area contributed by atoms with E-state index in [1.54, 1.807) is 48.5 Å². The maximum Gasteiger partial charge on any atom is 0.294 e. The Labute approximate surface area is 247 Å². The lowest BCUT2D eigenvalue weighted by atomic mass is 10.0. The Morgan fingerprint density at radius 1 is 0.952 bits per heavy atom. The van der Waals surface area contributed by atoms with Gasteiger partial charge in [0.25, 0.3) is 17.1 Å². The summed E-state index contributed by atoms with van der Waals surface area (Å²) in [5.41, 5.74) is 2.92. The Kier molecular flexibility index (Phi) is 8.77. The van der Waals surface area contributed by atoms with Gasteiger partial charge in [0.15, 0.2) is 18.1 Å². The Morgan fingerprint density at radius 2 is 1.69 bits per heavy atom. The topological polar surface area (TPSA) is 123 Å². The second-order valence-corrected chi connectivity index (χ2v) is 10.8. The largest absolute Gasteiger partial charge is 0.486 e. The van der Waals surface area contributed by atoms with Crippen molar-refractivity contribution in [1.82, 2.24) is 4.90 Å². The van der Waals surface area contributed by atoms with Crippen LogP contribution in [0.5, 0.6) is 17.2 Å². The number of carbonyl (C=O) groups excluding carboxylic acids is 4. The standard InChI is InChI=1S/C31H29N3O7S/c1-19(2)23-5-3-4-6-24(23)33-29(36)18-41-22-10-7-20(8-11-22)15-27-30(37)34(31(38)42-27)17-28(35)32-21-9-12-25-26(16-21)40-14-13-39-25/h3-12,15-16,19H,13-14,17-18H2,1-2H3,(H,32,35)(H,33,36)/b27-15+. The second kappa shape index (κ2) is 12.8. The summed E-state index contributed by atoms with van der Waals surface area (Å²) in [5.74, 6) is 0.486. The van der Waals surface area contributed by atoms with E-state index in [4.69, 9.17) is 14.2 Å². The number of amides is 4. The number of rotatable bonds is 9. The van der Waals surface area contributed by atoms with Gasteiger partial charge in [0.2, 0.25) is 5.91 Å². The number of hydrogen-bond donors (Lipinski definition) is 2. The number of anilines is 2. The molecule has 0 atom stereocenters. The predicted molar refractivity (Wildman–Crippen MR) is 160 cm³/mol. The van der Waals surface area contributed by atoms with Gasteiger partial charge in [-0.1, -0.05) is 44.2 Å². The Balaban J connectivity index is 1.14. The van der Waals surface area contributed by atoms with E-state index in [1.165, 1.54) is 0 Å². The zero-order valence-corrected chi connectivity index (χ0v) is 23.9. The molecule has 2 aliphatic heterocycles. The number of nitrogens with zero attached hydrogens (tertiary/aromatic N) is 1. The van der Waals surface area contributed by atoms with Crippen LogP contribution in [0.1, 0.15) is 30.9 Å². The van der Waals surface area contributed by atoms with Crippen molar-refractivity contribution >= 4 is 52.2 Å². The molecule has 0 spiro atoms. The van der Waals surface area contributed by atoms with Gasteiger partial charge in [-0.05, 0) is 65.2 Å². The molecule has 1 saturated heterocycles. The van der Waals surface area contributed by atoms with Crippen molar-refractivity contribution in [3.63, 3.8) is 0 Å². The van der Waals surface area contributed by atoms with E-state index in [0.717, 1.165) is 27.9 Å². The molecule has 11 heteroatoms. The van der Waals surface area contributed by atoms with Gasteiger partial charge in [0.1, 0.15) is 25.5 Å². The number of benzene rings is 3. The molecule has 3 aromatic rings. The van der Waals surface area contributed by atoms with E-state index in [2.05, 4.69) is 24.5 Å². The molecule has 216 valence electrons. The third-order valence-electron chi connectivity index (χ3n) is 6.41. The Morgan fingerprint density at radius 3 is 2.45 bits per heavy atom. The van der Waals surface area contributed by atoms with Crippen LogP contribution < -0.4 is 24.8 Å². The summed E-state index contributed by atoms with van der Waals surface area (Å²) in [6.07, 6.45) is 1.57. The quantitative estimate of drug-likeness (QED) is 0.325. The maximum atomic E-state index is 12.9. The molecule has 4 amide bonds. The van der Waals surface area contributed by atoms with E-state index < -0.39 is 23.6 Å². The summed E-state index contributed by atoms with van der Waals surface area (Å²) in [7, 11) is 0. The van der Waals surface area contributed by atoms with Gasteiger partial charge in [-0.25, -0.2) is 0 Å². The molecule has 0 aromatic heterocycles. The highest BCUT2D eigenvalue weighted by atomic mass is 32.2. The molecule has 1 fully saturated rings. The van der Waals surface area contributed by atoms with Crippen molar-refractivity contribution in [3.05, 3.63) is 82.8 Å². The van der Waals surface area contributed by atoms with Crippen LogP contribution in [0.3, 0.4) is 0 Å². The van der Waals surface area contributed by atoms with Crippen molar-refractivity contribution in [2.45, 2.75) is 19.8 Å². The molecule has 10 nitrogen and oxygen atoms in total. The van der Waals surface area contributed by atoms with Gasteiger partial charge in [-0.3, -0.25) is 24.1 Å². The number of hydrogen-bond acceptors (Lipinski definition) is 8. The molecule has 2 heterocycles. The van der Waals surface area contributed by atoms with Crippen LogP contribution in [0, 0.1) is 0 Å². The normalized spacial score (nSPS) is 15.2. The van der Waals surface area contributed by atoms with E-state index >= 15 is 0 Å². The number of imide groups is 1. The summed E-state index contributed by atoms with van der Waals surface area (Å²) in [6.45, 7) is 4.39. The van der Waals surface area contributed by atoms with Crippen molar-refractivity contribution < 1.29 is 33.4 Å². The molecule has 0 bridgehead atoms. The first-order valence-electron chi connectivity index (χ1n) is 13.3. The van der Waals surface area contributed by atoms with Crippen LogP contribution >= 0.6 is 11.8 Å². The molecule has 5 rings (SSSR count). The fourth-order valence-electron chi connectivity index (χ4n) is 4.36. The SMILES string of the molecule is CC(C)c1ccccc1NC(=O)COc1ccc(/C=C2/SC(=O)N(CC(=O)Nc3ccc4c(c3)OCCO4)C2=O)cc1. The van der Waals surface area contributed by atoms with Crippen LogP contribution in [0.4, 0.5) is 16.2 Å². The Bertz CT molecular complexity index is 1550. The number of ether oxygens (including phenoxy) is 3. The highest BCUT2D eigenvalue weighted by Crippen LogP contribution is 2.34. The summed E-state index contributed by atoms with van der Waals surface area (Å²) < 4.78 is 16.6. The van der Waals surface area contributed by atoms with Crippen molar-refractivity contribution in [2.24, 2.45) is 0 Å². The number of fused-ring (bicyclic) bond motifs is 1. The van der Waals surface area contributed by atoms with Gasteiger partial charge < -0.3 is 24.8 Å². The lowest BCUT2D eigenvalue weighted by Gasteiger charge is -2.19. The molecule has 3 aromatic carbocycles. The monoisotopic (exact) mass is 587 g/mol. The van der Waals surface area contributed by atoms with Crippen LogP contribution in [0.25, 0.3) is 6.08 Å². The van der Waals surface area contributed by atoms with Gasteiger partial charge in [-0.2, -0.15) is 0 Å². The molecule has 2 aliphatic rings. The first-order valence-corrected chi connectivity index (χ1v) is 14.1. The summed E-state index contributed by atoms with van der Waals surface area (Å²) in [4.78, 5) is 51.5. The van der Waals surface area contributed by atoms with E-state index in [1.807, 2.05) is 24.3 Å². The third-order valence-corrected chi connectivity index (χ3v) is 7.31. The minimum Gasteiger partial charge on any atom is -0.486 e. The molecule has 0 radical (unpaired) electrons. The number of carbonyl (C=O) groups is 4. The predicted octanol–water partition coefficient (Wildman–Crippen LogP) is 5.27. The second-order valence-electron chi connectivity index (χ2n) is 9.82. The van der Waals surface area contributed by atoms with Crippen molar-refractivity contribution in [3.8, 4) is 17.2 Å². The smallest absolute Gasteiger partial charge is 0.294 e. The lowest BCUT2D eigenvalue weighted by molar-refractivity contribution is -0.127. The first kappa shape index (κ1) is 28.7. The fourth-order valence-corrected chi connectivity index (χ4v) is 5.20. The number of nitrogens with one attached hydrogen (secondary N) is 2. The van der Waals surface area contributed by atoms with E-state index in [0.29, 0.717) is 41.7 Å². The molecule has 42 heavy (non-hydrogen) atoms. The highest BCUT2D eigenvalue weighted by Gasteiger charge is 2.36. The van der Waals surface area contributed by atoms with Crippen LogP contribution in [0.15, 0.2) is 71.6 Å². The molecule has 0 saturated carbocycles. The minimum atomic E-state index is -0.555. The van der Waals surface area contributed by atoms with Gasteiger partial charge in [0, 0.05) is 17.4 Å². The molecular weight excluding hydrogens is 558 g/mol. The third kappa shape index (κ3) is 6.92. The van der Waals surface area contributed by atoms with Crippen molar-refractivity contribution in [2.75, 3.05) is 37.0 Å². The molecule has 0 unspecified atom stereocenters. The van der Waals surface area contributed by atoms with Crippen LogP contribution in [0.2, 0.25) is 0 Å². The fraction of sp³-hybridized carbons (Fsp3) is 0.226. The zero-order valence-electron chi connectivity index (χ0n) is 23.0. The van der Waals surface area contributed by atoms with Crippen molar-refractivity contribution in [1.29, 1.82) is 0 Å². The van der Waals surface area contributed by atoms with E-state index in [-0.39, 0.29) is 23.3 Å². The van der Waals surface area contributed by atoms with Crippen LogP contribution in [-0.4, -0.2) is 54.2 Å². The molecular formula is C31H29N3O7S. The van der Waals surface area contributed by atoms with E-state index in [9.17, 15) is 19.2 Å². The number of para-hydroxylation sites is 1. The average Bonchev–Trinajstić information content (AvgIpc) is 3.24. The first-order chi connectivity index (χ1) is 20.3. The van der Waals surface area contributed by atoms with Gasteiger partial charge >= 0.3 is 0 Å². The summed E-state index contributed by atoms with van der Waals surface area (Å²) in [6, 6.07) is 19.4. The number of thioether (sulfide) groups is 1. The van der Waals surface area contributed by atoms with Crippen LogP contribution in [-0.2, 0) is 14.4 Å². The zero-order chi connectivity index (χ0) is 29.6. The maximum absolute atomic E-state index is 12.9. The average molecular weight is 588 g/mol. The Hall–Kier alpha value is -4.77. The molecule has 0 aliphatic carbocycles. The van der Waals surface area contributed by atoms with Gasteiger partial charge in [-0.15, -0.1) is 0 Å².